The lowest BCUT2D eigenvalue weighted by Crippen LogP contribution is -2.37. The van der Waals surface area contributed by atoms with Crippen molar-refractivity contribution < 1.29 is 9.90 Å². The lowest BCUT2D eigenvalue weighted by molar-refractivity contribution is 0.0735. The molecule has 2 fully saturated rings. The van der Waals surface area contributed by atoms with E-state index in [0.717, 1.165) is 44.5 Å². The van der Waals surface area contributed by atoms with Gasteiger partial charge >= 0.3 is 0 Å². The third kappa shape index (κ3) is 3.95. The first-order chi connectivity index (χ1) is 11.7. The minimum Gasteiger partial charge on any atom is -0.391 e. The van der Waals surface area contributed by atoms with Crippen LogP contribution in [0.1, 0.15) is 67.2 Å². The molecule has 7 nitrogen and oxygen atoms in total. The Bertz CT molecular complexity index is 547. The minimum atomic E-state index is -0.464. The molecule has 0 bridgehead atoms. The van der Waals surface area contributed by atoms with E-state index in [1.807, 2.05) is 11.6 Å². The van der Waals surface area contributed by atoms with E-state index < -0.39 is 6.10 Å². The van der Waals surface area contributed by atoms with Crippen LogP contribution in [0.15, 0.2) is 0 Å². The van der Waals surface area contributed by atoms with Crippen molar-refractivity contribution in [3.8, 4) is 0 Å². The molecule has 7 heteroatoms. The van der Waals surface area contributed by atoms with E-state index >= 15 is 0 Å². The van der Waals surface area contributed by atoms with Crippen molar-refractivity contribution in [2.24, 2.45) is 5.92 Å². The number of nitrogens with zero attached hydrogens (tertiary/aromatic N) is 3. The highest BCUT2D eigenvalue weighted by molar-refractivity contribution is 5.93. The van der Waals surface area contributed by atoms with Crippen LogP contribution in [0.2, 0.25) is 0 Å². The molecule has 1 aromatic rings. The van der Waals surface area contributed by atoms with Crippen molar-refractivity contribution in [3.63, 3.8) is 0 Å². The Hall–Kier alpha value is -1.47. The fraction of sp³-hybridized carbons (Fsp3) is 0.824. The summed E-state index contributed by atoms with van der Waals surface area (Å²) in [6.45, 7) is 4.13. The van der Waals surface area contributed by atoms with Crippen molar-refractivity contribution in [2.45, 2.75) is 64.0 Å². The topological polar surface area (TPSA) is 92.1 Å². The molecule has 1 amide bonds. The minimum absolute atomic E-state index is 0.234. The van der Waals surface area contributed by atoms with Gasteiger partial charge in [-0.25, -0.2) is 4.68 Å². The van der Waals surface area contributed by atoms with Crippen molar-refractivity contribution in [3.05, 3.63) is 11.4 Å². The summed E-state index contributed by atoms with van der Waals surface area (Å²) < 4.78 is 1.88. The second kappa shape index (κ2) is 8.07. The van der Waals surface area contributed by atoms with Gasteiger partial charge in [0.15, 0.2) is 5.69 Å². The molecule has 1 aliphatic heterocycles. The van der Waals surface area contributed by atoms with Crippen LogP contribution in [0, 0.1) is 12.8 Å². The summed E-state index contributed by atoms with van der Waals surface area (Å²) in [7, 11) is 0. The standard InChI is InChI=1S/C17H29N5O2/c1-12-16(20-21-22(12)14-7-9-18-10-8-14)17(24)19-11-15(23)13-5-3-2-4-6-13/h13-15,18,23H,2-11H2,1H3,(H,19,24)/t15-/m1/s1. The van der Waals surface area contributed by atoms with Gasteiger partial charge in [0.25, 0.3) is 5.91 Å². The zero-order chi connectivity index (χ0) is 16.9. The van der Waals surface area contributed by atoms with Crippen LogP contribution in [0.25, 0.3) is 0 Å². The Morgan fingerprint density at radius 1 is 1.29 bits per heavy atom. The van der Waals surface area contributed by atoms with E-state index in [9.17, 15) is 9.90 Å². The normalized spacial score (nSPS) is 21.6. The fourth-order valence-corrected chi connectivity index (χ4v) is 3.92. The van der Waals surface area contributed by atoms with Crippen LogP contribution in [0.5, 0.6) is 0 Å². The first-order valence-electron chi connectivity index (χ1n) is 9.25. The van der Waals surface area contributed by atoms with Crippen molar-refractivity contribution in [1.29, 1.82) is 0 Å². The molecule has 3 N–H and O–H groups in total. The van der Waals surface area contributed by atoms with Gasteiger partial charge in [-0.15, -0.1) is 5.10 Å². The van der Waals surface area contributed by atoms with Crippen molar-refractivity contribution in [2.75, 3.05) is 19.6 Å². The lowest BCUT2D eigenvalue weighted by atomic mass is 9.85. The van der Waals surface area contributed by atoms with E-state index in [0.29, 0.717) is 24.2 Å². The van der Waals surface area contributed by atoms with Gasteiger partial charge in [-0.1, -0.05) is 24.5 Å². The number of aromatic nitrogens is 3. The lowest BCUT2D eigenvalue weighted by Gasteiger charge is -2.26. The Morgan fingerprint density at radius 2 is 2.00 bits per heavy atom. The molecule has 0 spiro atoms. The SMILES string of the molecule is Cc1c(C(=O)NC[C@@H](O)C2CCCCC2)nnn1C1CCNCC1. The van der Waals surface area contributed by atoms with Gasteiger partial charge in [-0.05, 0) is 51.6 Å². The maximum Gasteiger partial charge on any atom is 0.273 e. The second-order valence-electron chi connectivity index (χ2n) is 7.12. The van der Waals surface area contributed by atoms with Crippen LogP contribution >= 0.6 is 0 Å². The number of amides is 1. The molecule has 1 saturated heterocycles. The summed E-state index contributed by atoms with van der Waals surface area (Å²) >= 11 is 0. The molecule has 0 unspecified atom stereocenters. The van der Waals surface area contributed by atoms with E-state index in [-0.39, 0.29) is 5.91 Å². The molecular formula is C17H29N5O2. The highest BCUT2D eigenvalue weighted by atomic mass is 16.3. The van der Waals surface area contributed by atoms with Gasteiger partial charge < -0.3 is 15.7 Å². The van der Waals surface area contributed by atoms with Gasteiger partial charge in [0.1, 0.15) is 0 Å². The van der Waals surface area contributed by atoms with E-state index in [1.54, 1.807) is 0 Å². The molecule has 134 valence electrons. The molecule has 1 atom stereocenters. The molecular weight excluding hydrogens is 306 g/mol. The maximum atomic E-state index is 12.4. The third-order valence-electron chi connectivity index (χ3n) is 5.46. The van der Waals surface area contributed by atoms with E-state index in [4.69, 9.17) is 0 Å². The summed E-state index contributed by atoms with van der Waals surface area (Å²) in [4.78, 5) is 12.4. The molecule has 1 aliphatic carbocycles. The Morgan fingerprint density at radius 3 is 2.71 bits per heavy atom. The number of aliphatic hydroxyl groups is 1. The van der Waals surface area contributed by atoms with Gasteiger partial charge in [0.2, 0.25) is 0 Å². The molecule has 2 aliphatic rings. The van der Waals surface area contributed by atoms with Crippen LogP contribution in [-0.4, -0.2) is 51.7 Å². The summed E-state index contributed by atoms with van der Waals surface area (Å²) in [5.41, 5.74) is 1.19. The predicted octanol–water partition coefficient (Wildman–Crippen LogP) is 1.18. The molecule has 0 aromatic carbocycles. The summed E-state index contributed by atoms with van der Waals surface area (Å²) in [5.74, 6) is 0.0770. The van der Waals surface area contributed by atoms with Gasteiger partial charge in [-0.2, -0.15) is 0 Å². The first-order valence-corrected chi connectivity index (χ1v) is 9.25. The number of hydrogen-bond acceptors (Lipinski definition) is 5. The number of piperidine rings is 1. The molecule has 24 heavy (non-hydrogen) atoms. The van der Waals surface area contributed by atoms with Gasteiger partial charge in [0, 0.05) is 6.54 Å². The van der Waals surface area contributed by atoms with Gasteiger partial charge in [-0.3, -0.25) is 4.79 Å². The largest absolute Gasteiger partial charge is 0.391 e. The van der Waals surface area contributed by atoms with Crippen LogP contribution in [0.4, 0.5) is 0 Å². The van der Waals surface area contributed by atoms with Crippen LogP contribution in [-0.2, 0) is 0 Å². The summed E-state index contributed by atoms with van der Waals surface area (Å²) in [6, 6.07) is 0.313. The van der Waals surface area contributed by atoms with Crippen molar-refractivity contribution in [1.82, 2.24) is 25.6 Å². The molecule has 3 rings (SSSR count). The second-order valence-corrected chi connectivity index (χ2v) is 7.12. The van der Waals surface area contributed by atoms with Gasteiger partial charge in [0.05, 0.1) is 17.8 Å². The molecule has 2 heterocycles. The number of carbonyl (C=O) groups is 1. The number of nitrogens with one attached hydrogen (secondary N) is 2. The highest BCUT2D eigenvalue weighted by Gasteiger charge is 2.25. The Kier molecular flexibility index (Phi) is 5.84. The average Bonchev–Trinajstić information content (AvgIpc) is 3.02. The predicted molar refractivity (Wildman–Crippen MR) is 90.8 cm³/mol. The first kappa shape index (κ1) is 17.4. The summed E-state index contributed by atoms with van der Waals surface area (Å²) in [5, 5.41) is 24.7. The molecule has 1 saturated carbocycles. The van der Waals surface area contributed by atoms with Crippen LogP contribution < -0.4 is 10.6 Å². The monoisotopic (exact) mass is 335 g/mol. The Balaban J connectivity index is 1.55. The number of aliphatic hydroxyl groups excluding tert-OH is 1. The fourth-order valence-electron chi connectivity index (χ4n) is 3.92. The highest BCUT2D eigenvalue weighted by Crippen LogP contribution is 2.26. The maximum absolute atomic E-state index is 12.4. The quantitative estimate of drug-likeness (QED) is 0.751. The molecule has 1 aromatic heterocycles. The number of carbonyl (C=O) groups excluding carboxylic acids is 1. The van der Waals surface area contributed by atoms with E-state index in [2.05, 4.69) is 20.9 Å². The van der Waals surface area contributed by atoms with Crippen molar-refractivity contribution >= 4 is 5.91 Å². The number of hydrogen-bond donors (Lipinski definition) is 3. The van der Waals surface area contributed by atoms with E-state index in [1.165, 1.54) is 19.3 Å². The average molecular weight is 335 g/mol. The third-order valence-corrected chi connectivity index (χ3v) is 5.46. The number of rotatable bonds is 5. The Labute approximate surface area is 143 Å². The molecule has 0 radical (unpaired) electrons. The smallest absolute Gasteiger partial charge is 0.273 e. The zero-order valence-electron chi connectivity index (χ0n) is 14.5. The zero-order valence-corrected chi connectivity index (χ0v) is 14.5. The van der Waals surface area contributed by atoms with Crippen LogP contribution in [0.3, 0.4) is 0 Å². The summed E-state index contributed by atoms with van der Waals surface area (Å²) in [6.07, 6.45) is 7.28.